The Hall–Kier alpha value is -3.26. The van der Waals surface area contributed by atoms with E-state index in [9.17, 15) is 0 Å². The van der Waals surface area contributed by atoms with E-state index < -0.39 is 0 Å². The van der Waals surface area contributed by atoms with Crippen LogP contribution in [0.3, 0.4) is 0 Å². The van der Waals surface area contributed by atoms with Crippen LogP contribution in [0.1, 0.15) is 25.3 Å². The molecule has 0 atom stereocenters. The Kier molecular flexibility index (Phi) is 4.92. The van der Waals surface area contributed by atoms with E-state index in [1.165, 1.54) is 17.3 Å². The third-order valence-electron chi connectivity index (χ3n) is 5.08. The topological polar surface area (TPSA) is 82.5 Å². The van der Waals surface area contributed by atoms with Gasteiger partial charge in [-0.15, -0.1) is 10.2 Å². The fourth-order valence-electron chi connectivity index (χ4n) is 3.52. The summed E-state index contributed by atoms with van der Waals surface area (Å²) in [7, 11) is 0. The van der Waals surface area contributed by atoms with Crippen molar-refractivity contribution < 1.29 is 4.52 Å². The number of nitrogens with zero attached hydrogens (tertiary/aromatic N) is 6. The zero-order valence-corrected chi connectivity index (χ0v) is 17.6. The Balaban J connectivity index is 1.37. The first-order chi connectivity index (χ1) is 14.8. The third-order valence-corrected chi connectivity index (χ3v) is 5.91. The molecule has 0 spiro atoms. The van der Waals surface area contributed by atoms with Gasteiger partial charge in [-0.1, -0.05) is 66.3 Å². The number of hydrogen-bond donors (Lipinski definition) is 0. The summed E-state index contributed by atoms with van der Waals surface area (Å²) < 4.78 is 7.58. The number of thioether (sulfide) groups is 1. The lowest BCUT2D eigenvalue weighted by molar-refractivity contribution is 0.391. The number of hydrogen-bond acceptors (Lipinski definition) is 7. The van der Waals surface area contributed by atoms with Gasteiger partial charge in [0.25, 0.3) is 0 Å². The van der Waals surface area contributed by atoms with Crippen molar-refractivity contribution in [1.82, 2.24) is 29.9 Å². The highest BCUT2D eigenvalue weighted by Crippen LogP contribution is 2.28. The molecule has 3 heterocycles. The normalized spacial score (nSPS) is 11.5. The third kappa shape index (κ3) is 3.33. The van der Waals surface area contributed by atoms with Crippen LogP contribution in [0.25, 0.3) is 33.5 Å². The SMILES string of the molecule is CCc1ccc(-c2noc(CSc3nnc4c5ccccc5n(CC)c4n3)n2)cc1. The van der Waals surface area contributed by atoms with Crippen molar-refractivity contribution in [1.29, 1.82) is 0 Å². The summed E-state index contributed by atoms with van der Waals surface area (Å²) in [6.45, 7) is 5.05. The largest absolute Gasteiger partial charge is 0.338 e. The molecule has 0 saturated heterocycles. The van der Waals surface area contributed by atoms with Crippen LogP contribution >= 0.6 is 11.8 Å². The predicted molar refractivity (Wildman–Crippen MR) is 117 cm³/mol. The number of aryl methyl sites for hydroxylation is 2. The van der Waals surface area contributed by atoms with Crippen molar-refractivity contribution in [2.75, 3.05) is 0 Å². The van der Waals surface area contributed by atoms with E-state index in [0.717, 1.165) is 40.6 Å². The fraction of sp³-hybridized carbons (Fsp3) is 0.227. The minimum atomic E-state index is 0.486. The first kappa shape index (κ1) is 18.7. The Morgan fingerprint density at radius 3 is 2.60 bits per heavy atom. The molecule has 5 rings (SSSR count). The Bertz CT molecular complexity index is 1320. The highest BCUT2D eigenvalue weighted by molar-refractivity contribution is 7.98. The summed E-state index contributed by atoms with van der Waals surface area (Å²) in [5, 5.41) is 14.5. The maximum Gasteiger partial charge on any atom is 0.237 e. The molecule has 150 valence electrons. The molecular weight excluding hydrogens is 396 g/mol. The number of para-hydroxylation sites is 1. The van der Waals surface area contributed by atoms with Gasteiger partial charge in [0.2, 0.25) is 16.9 Å². The second-order valence-electron chi connectivity index (χ2n) is 6.88. The smallest absolute Gasteiger partial charge is 0.237 e. The lowest BCUT2D eigenvalue weighted by Gasteiger charge is -2.02. The molecule has 5 aromatic rings. The fourth-order valence-corrected chi connectivity index (χ4v) is 4.14. The second kappa shape index (κ2) is 7.87. The molecule has 0 saturated carbocycles. The quantitative estimate of drug-likeness (QED) is 0.364. The molecule has 0 fully saturated rings. The Morgan fingerprint density at radius 2 is 1.80 bits per heavy atom. The van der Waals surface area contributed by atoms with E-state index in [1.54, 1.807) is 0 Å². The molecule has 0 radical (unpaired) electrons. The van der Waals surface area contributed by atoms with Crippen LogP contribution in [0.15, 0.2) is 58.2 Å². The highest BCUT2D eigenvalue weighted by Gasteiger charge is 2.15. The van der Waals surface area contributed by atoms with Gasteiger partial charge in [-0.2, -0.15) is 4.98 Å². The van der Waals surface area contributed by atoms with Gasteiger partial charge in [0.15, 0.2) is 5.65 Å². The maximum atomic E-state index is 5.41. The van der Waals surface area contributed by atoms with Gasteiger partial charge >= 0.3 is 0 Å². The molecule has 30 heavy (non-hydrogen) atoms. The van der Waals surface area contributed by atoms with E-state index in [-0.39, 0.29) is 0 Å². The molecule has 3 aromatic heterocycles. The average molecular weight is 417 g/mol. The molecule has 0 amide bonds. The van der Waals surface area contributed by atoms with Gasteiger partial charge in [0.05, 0.1) is 11.3 Å². The van der Waals surface area contributed by atoms with Crippen LogP contribution in [0.2, 0.25) is 0 Å². The van der Waals surface area contributed by atoms with E-state index >= 15 is 0 Å². The number of benzene rings is 2. The molecular formula is C22H20N6OS. The molecule has 0 unspecified atom stereocenters. The molecule has 8 heteroatoms. The minimum absolute atomic E-state index is 0.486. The van der Waals surface area contributed by atoms with E-state index in [4.69, 9.17) is 9.51 Å². The molecule has 7 nitrogen and oxygen atoms in total. The average Bonchev–Trinajstić information content (AvgIpc) is 3.40. The lowest BCUT2D eigenvalue weighted by atomic mass is 10.1. The van der Waals surface area contributed by atoms with E-state index in [0.29, 0.717) is 22.6 Å². The molecule has 0 N–H and O–H groups in total. The van der Waals surface area contributed by atoms with Gasteiger partial charge in [-0.25, -0.2) is 4.98 Å². The van der Waals surface area contributed by atoms with Crippen LogP contribution in [0.5, 0.6) is 0 Å². The zero-order valence-electron chi connectivity index (χ0n) is 16.7. The second-order valence-corrected chi connectivity index (χ2v) is 7.82. The Labute approximate surface area is 177 Å². The van der Waals surface area contributed by atoms with Crippen LogP contribution in [0, 0.1) is 0 Å². The van der Waals surface area contributed by atoms with Crippen molar-refractivity contribution in [2.24, 2.45) is 0 Å². The predicted octanol–water partition coefficient (Wildman–Crippen LogP) is 4.90. The van der Waals surface area contributed by atoms with Crippen molar-refractivity contribution >= 4 is 33.8 Å². The summed E-state index contributed by atoms with van der Waals surface area (Å²) in [6.07, 6.45) is 1.00. The number of fused-ring (bicyclic) bond motifs is 3. The van der Waals surface area contributed by atoms with Crippen LogP contribution < -0.4 is 0 Å². The van der Waals surface area contributed by atoms with Crippen LogP contribution in [-0.4, -0.2) is 29.9 Å². The maximum absolute atomic E-state index is 5.41. The molecule has 0 aliphatic carbocycles. The van der Waals surface area contributed by atoms with Gasteiger partial charge in [0, 0.05) is 17.5 Å². The van der Waals surface area contributed by atoms with Crippen molar-refractivity contribution in [3.63, 3.8) is 0 Å². The molecule has 0 aliphatic heterocycles. The van der Waals surface area contributed by atoms with E-state index in [2.05, 4.69) is 63.0 Å². The van der Waals surface area contributed by atoms with E-state index in [1.807, 2.05) is 24.3 Å². The summed E-state index contributed by atoms with van der Waals surface area (Å²) in [5.74, 6) is 1.61. The Morgan fingerprint density at radius 1 is 0.967 bits per heavy atom. The van der Waals surface area contributed by atoms with Crippen molar-refractivity contribution in [2.45, 2.75) is 37.7 Å². The molecule has 0 bridgehead atoms. The summed E-state index contributed by atoms with van der Waals surface area (Å²) >= 11 is 1.44. The zero-order chi connectivity index (χ0) is 20.5. The van der Waals surface area contributed by atoms with Gasteiger partial charge < -0.3 is 9.09 Å². The van der Waals surface area contributed by atoms with Gasteiger partial charge in [0.1, 0.15) is 5.52 Å². The van der Waals surface area contributed by atoms with Crippen molar-refractivity contribution in [3.8, 4) is 11.4 Å². The van der Waals surface area contributed by atoms with Crippen LogP contribution in [-0.2, 0) is 18.7 Å². The van der Waals surface area contributed by atoms with Gasteiger partial charge in [-0.05, 0) is 25.0 Å². The standard InChI is InChI=1S/C22H20N6OS/c1-3-14-9-11-15(12-10-14)20-23-18(29-27-20)13-30-22-24-21-19(25-26-22)16-7-5-6-8-17(16)28(21)4-2/h5-12H,3-4,13H2,1-2H3. The molecule has 2 aromatic carbocycles. The monoisotopic (exact) mass is 416 g/mol. The number of rotatable bonds is 6. The lowest BCUT2D eigenvalue weighted by Crippen LogP contribution is -1.98. The molecule has 0 aliphatic rings. The van der Waals surface area contributed by atoms with Crippen LogP contribution in [0.4, 0.5) is 0 Å². The summed E-state index contributed by atoms with van der Waals surface area (Å²) in [4.78, 5) is 9.25. The summed E-state index contributed by atoms with van der Waals surface area (Å²) in [5.41, 5.74) is 5.02. The first-order valence-corrected chi connectivity index (χ1v) is 10.9. The highest BCUT2D eigenvalue weighted by atomic mass is 32.2. The minimum Gasteiger partial charge on any atom is -0.338 e. The number of aromatic nitrogens is 6. The van der Waals surface area contributed by atoms with Crippen molar-refractivity contribution in [3.05, 3.63) is 60.0 Å². The van der Waals surface area contributed by atoms with Gasteiger partial charge in [-0.3, -0.25) is 0 Å². The first-order valence-electron chi connectivity index (χ1n) is 9.93. The summed E-state index contributed by atoms with van der Waals surface area (Å²) in [6, 6.07) is 16.4.